The van der Waals surface area contributed by atoms with E-state index in [2.05, 4.69) is 24.0 Å². The van der Waals surface area contributed by atoms with Crippen molar-refractivity contribution in [2.75, 3.05) is 19.7 Å². The molecule has 3 heteroatoms. The molecule has 0 spiro atoms. The molecule has 1 heterocycles. The quantitative estimate of drug-likeness (QED) is 0.781. The van der Waals surface area contributed by atoms with E-state index in [1.165, 1.54) is 5.56 Å². The van der Waals surface area contributed by atoms with Crippen LogP contribution in [0.25, 0.3) is 0 Å². The van der Waals surface area contributed by atoms with Gasteiger partial charge in [0, 0.05) is 26.2 Å². The van der Waals surface area contributed by atoms with E-state index in [1.807, 2.05) is 18.2 Å². The van der Waals surface area contributed by atoms with E-state index in [1.54, 1.807) is 0 Å². The van der Waals surface area contributed by atoms with Crippen LogP contribution >= 0.6 is 0 Å². The summed E-state index contributed by atoms with van der Waals surface area (Å²) in [7, 11) is 0. The molecule has 1 fully saturated rings. The van der Waals surface area contributed by atoms with Crippen molar-refractivity contribution in [1.29, 1.82) is 5.26 Å². The summed E-state index contributed by atoms with van der Waals surface area (Å²) < 4.78 is 5.62. The lowest BCUT2D eigenvalue weighted by molar-refractivity contribution is 0.0668. The Hall–Kier alpha value is -1.37. The molecule has 0 bridgehead atoms. The summed E-state index contributed by atoms with van der Waals surface area (Å²) in [4.78, 5) is 2.40. The van der Waals surface area contributed by atoms with Crippen LogP contribution in [0.1, 0.15) is 24.5 Å². The maximum absolute atomic E-state index is 8.87. The Morgan fingerprint density at radius 3 is 3.24 bits per heavy atom. The third kappa shape index (κ3) is 3.55. The van der Waals surface area contributed by atoms with Gasteiger partial charge in [0.25, 0.3) is 0 Å². The molecule has 0 aromatic heterocycles. The van der Waals surface area contributed by atoms with Crippen LogP contribution in [0.15, 0.2) is 24.3 Å². The Morgan fingerprint density at radius 2 is 2.41 bits per heavy atom. The molecule has 3 nitrogen and oxygen atoms in total. The van der Waals surface area contributed by atoms with Crippen LogP contribution in [0.2, 0.25) is 0 Å². The van der Waals surface area contributed by atoms with Gasteiger partial charge in [0.2, 0.25) is 0 Å². The van der Waals surface area contributed by atoms with Gasteiger partial charge < -0.3 is 4.74 Å². The van der Waals surface area contributed by atoms with E-state index in [0.29, 0.717) is 6.10 Å². The molecule has 0 saturated carbocycles. The average Bonchev–Trinajstić information content (AvgIpc) is 2.54. The van der Waals surface area contributed by atoms with Gasteiger partial charge in [0.05, 0.1) is 17.7 Å². The van der Waals surface area contributed by atoms with Gasteiger partial charge in [-0.3, -0.25) is 4.90 Å². The molecule has 1 atom stereocenters. The lowest BCUT2D eigenvalue weighted by atomic mass is 10.1. The number of rotatable bonds is 2. The van der Waals surface area contributed by atoms with Crippen molar-refractivity contribution in [2.24, 2.45) is 0 Å². The van der Waals surface area contributed by atoms with Gasteiger partial charge in [-0.1, -0.05) is 12.1 Å². The van der Waals surface area contributed by atoms with Crippen LogP contribution in [0.4, 0.5) is 0 Å². The van der Waals surface area contributed by atoms with Gasteiger partial charge in [0.15, 0.2) is 0 Å². The highest BCUT2D eigenvalue weighted by molar-refractivity contribution is 5.32. The largest absolute Gasteiger partial charge is 0.377 e. The predicted molar refractivity (Wildman–Crippen MR) is 66.5 cm³/mol. The van der Waals surface area contributed by atoms with Crippen molar-refractivity contribution >= 4 is 0 Å². The molecule has 2 rings (SSSR count). The zero-order chi connectivity index (χ0) is 12.1. The monoisotopic (exact) mass is 230 g/mol. The molecule has 90 valence electrons. The predicted octanol–water partition coefficient (Wildman–Crippen LogP) is 2.17. The van der Waals surface area contributed by atoms with Crippen molar-refractivity contribution in [2.45, 2.75) is 26.0 Å². The molecule has 0 amide bonds. The Balaban J connectivity index is 2.01. The first-order valence-electron chi connectivity index (χ1n) is 6.11. The maximum Gasteiger partial charge on any atom is 0.0991 e. The molecule has 17 heavy (non-hydrogen) atoms. The zero-order valence-electron chi connectivity index (χ0n) is 10.2. The number of hydrogen-bond donors (Lipinski definition) is 0. The second-order valence-corrected chi connectivity index (χ2v) is 4.58. The van der Waals surface area contributed by atoms with Crippen LogP contribution < -0.4 is 0 Å². The minimum atomic E-state index is 0.302. The fourth-order valence-electron chi connectivity index (χ4n) is 2.22. The van der Waals surface area contributed by atoms with Crippen molar-refractivity contribution in [3.63, 3.8) is 0 Å². The van der Waals surface area contributed by atoms with Gasteiger partial charge in [-0.15, -0.1) is 0 Å². The van der Waals surface area contributed by atoms with E-state index in [-0.39, 0.29) is 0 Å². The Morgan fingerprint density at radius 1 is 1.53 bits per heavy atom. The Labute approximate surface area is 103 Å². The third-order valence-electron chi connectivity index (χ3n) is 3.00. The van der Waals surface area contributed by atoms with Crippen molar-refractivity contribution in [1.82, 2.24) is 4.90 Å². The van der Waals surface area contributed by atoms with Crippen molar-refractivity contribution in [3.05, 3.63) is 35.4 Å². The van der Waals surface area contributed by atoms with Crippen LogP contribution in [0, 0.1) is 11.3 Å². The summed E-state index contributed by atoms with van der Waals surface area (Å²) in [6.45, 7) is 5.92. The molecular weight excluding hydrogens is 212 g/mol. The summed E-state index contributed by atoms with van der Waals surface area (Å²) in [6.07, 6.45) is 1.39. The Kier molecular flexibility index (Phi) is 4.13. The summed E-state index contributed by atoms with van der Waals surface area (Å²) >= 11 is 0. The zero-order valence-corrected chi connectivity index (χ0v) is 10.2. The van der Waals surface area contributed by atoms with Gasteiger partial charge in [-0.05, 0) is 31.0 Å². The number of nitriles is 1. The fourth-order valence-corrected chi connectivity index (χ4v) is 2.22. The van der Waals surface area contributed by atoms with Crippen LogP contribution in [0.5, 0.6) is 0 Å². The summed E-state index contributed by atoms with van der Waals surface area (Å²) in [5.41, 5.74) is 1.94. The fraction of sp³-hybridized carbons (Fsp3) is 0.500. The highest BCUT2D eigenvalue weighted by Gasteiger charge is 2.14. The van der Waals surface area contributed by atoms with Crippen LogP contribution in [-0.2, 0) is 11.3 Å². The lowest BCUT2D eigenvalue weighted by Crippen LogP contribution is -2.29. The van der Waals surface area contributed by atoms with E-state index in [9.17, 15) is 0 Å². The summed E-state index contributed by atoms with van der Waals surface area (Å²) in [5, 5.41) is 8.87. The molecule has 1 unspecified atom stereocenters. The molecular formula is C14H18N2O. The van der Waals surface area contributed by atoms with Gasteiger partial charge in [-0.25, -0.2) is 0 Å². The van der Waals surface area contributed by atoms with Gasteiger partial charge in [0.1, 0.15) is 0 Å². The first-order valence-corrected chi connectivity index (χ1v) is 6.11. The number of hydrogen-bond acceptors (Lipinski definition) is 3. The molecule has 1 saturated heterocycles. The molecule has 0 N–H and O–H groups in total. The average molecular weight is 230 g/mol. The first-order chi connectivity index (χ1) is 8.28. The second-order valence-electron chi connectivity index (χ2n) is 4.58. The normalized spacial score (nSPS) is 21.8. The van der Waals surface area contributed by atoms with E-state index in [0.717, 1.165) is 38.2 Å². The molecule has 0 aliphatic carbocycles. The number of ether oxygens (including phenoxy) is 1. The highest BCUT2D eigenvalue weighted by Crippen LogP contribution is 2.11. The molecule has 1 aromatic carbocycles. The first kappa shape index (κ1) is 12.1. The number of nitrogens with zero attached hydrogens (tertiary/aromatic N) is 2. The maximum atomic E-state index is 8.87. The van der Waals surface area contributed by atoms with Gasteiger partial charge >= 0.3 is 0 Å². The summed E-state index contributed by atoms with van der Waals surface area (Å²) in [5.74, 6) is 0. The van der Waals surface area contributed by atoms with E-state index in [4.69, 9.17) is 10.00 Å². The second kappa shape index (κ2) is 5.81. The summed E-state index contributed by atoms with van der Waals surface area (Å²) in [6, 6.07) is 10.0. The van der Waals surface area contributed by atoms with Crippen LogP contribution in [0.3, 0.4) is 0 Å². The van der Waals surface area contributed by atoms with Gasteiger partial charge in [-0.2, -0.15) is 5.26 Å². The molecule has 0 radical (unpaired) electrons. The third-order valence-corrected chi connectivity index (χ3v) is 3.00. The highest BCUT2D eigenvalue weighted by atomic mass is 16.5. The topological polar surface area (TPSA) is 36.3 Å². The minimum absolute atomic E-state index is 0.302. The van der Waals surface area contributed by atoms with Crippen molar-refractivity contribution < 1.29 is 4.74 Å². The van der Waals surface area contributed by atoms with E-state index < -0.39 is 0 Å². The standard InChI is InChI=1S/C14H18N2O/c1-12-10-16(6-3-7-17-12)11-14-5-2-4-13(8-14)9-15/h2,4-5,8,12H,3,6-7,10-11H2,1H3. The number of benzene rings is 1. The smallest absolute Gasteiger partial charge is 0.0991 e. The van der Waals surface area contributed by atoms with Crippen LogP contribution in [-0.4, -0.2) is 30.7 Å². The molecule has 1 aromatic rings. The SMILES string of the molecule is CC1CN(Cc2cccc(C#N)c2)CCCO1. The minimum Gasteiger partial charge on any atom is -0.377 e. The van der Waals surface area contributed by atoms with Crippen molar-refractivity contribution in [3.8, 4) is 6.07 Å². The molecule has 1 aliphatic heterocycles. The Bertz CT molecular complexity index is 411. The molecule has 1 aliphatic rings. The lowest BCUT2D eigenvalue weighted by Gasteiger charge is -2.21. The van der Waals surface area contributed by atoms with E-state index >= 15 is 0 Å².